The van der Waals surface area contributed by atoms with Gasteiger partial charge in [0.25, 0.3) is 11.6 Å². The Balaban J connectivity index is 2.73. The van der Waals surface area contributed by atoms with Crippen molar-refractivity contribution in [1.29, 1.82) is 0 Å². The highest BCUT2D eigenvalue weighted by Gasteiger charge is 2.19. The summed E-state index contributed by atoms with van der Waals surface area (Å²) in [7, 11) is 0. The third kappa shape index (κ3) is 4.29. The molecule has 100 valence electrons. The molecule has 1 aromatic rings. The predicted molar refractivity (Wildman–Crippen MR) is 68.8 cm³/mol. The van der Waals surface area contributed by atoms with Gasteiger partial charge in [0.15, 0.2) is 0 Å². The molecule has 8 heteroatoms. The molecule has 8 nitrogen and oxygen atoms in total. The molecule has 0 radical (unpaired) electrons. The molecule has 0 saturated heterocycles. The third-order valence-corrected chi connectivity index (χ3v) is 2.38. The van der Waals surface area contributed by atoms with E-state index in [1.807, 2.05) is 0 Å². The lowest BCUT2D eigenvalue weighted by molar-refractivity contribution is -0.385. The van der Waals surface area contributed by atoms with E-state index in [9.17, 15) is 14.9 Å². The van der Waals surface area contributed by atoms with Gasteiger partial charge in [-0.3, -0.25) is 14.9 Å². The van der Waals surface area contributed by atoms with Crippen LogP contribution in [0.5, 0.6) is 0 Å². The number of nitro groups is 1. The number of hydrogen-bond acceptors (Lipinski definition) is 4. The van der Waals surface area contributed by atoms with Crippen molar-refractivity contribution in [3.63, 3.8) is 0 Å². The number of benzene rings is 1. The quantitative estimate of drug-likeness (QED) is 0.211. The number of amides is 1. The van der Waals surface area contributed by atoms with Gasteiger partial charge in [-0.15, -0.1) is 0 Å². The minimum absolute atomic E-state index is 0.0359. The molecule has 1 amide bonds. The highest BCUT2D eigenvalue weighted by Crippen LogP contribution is 2.19. The molecule has 0 unspecified atom stereocenters. The van der Waals surface area contributed by atoms with Gasteiger partial charge in [-0.2, -0.15) is 0 Å². The first-order chi connectivity index (χ1) is 9.06. The number of rotatable bonds is 6. The molecule has 0 aliphatic heterocycles. The Morgan fingerprint density at radius 3 is 2.95 bits per heavy atom. The van der Waals surface area contributed by atoms with Gasteiger partial charge < -0.3 is 5.32 Å². The summed E-state index contributed by atoms with van der Waals surface area (Å²) >= 11 is 0. The summed E-state index contributed by atoms with van der Waals surface area (Å²) in [5, 5.41) is 16.7. The first kappa shape index (κ1) is 14.5. The Bertz CT molecular complexity index is 537. The fourth-order valence-electron chi connectivity index (χ4n) is 1.48. The molecule has 0 fully saturated rings. The SMILES string of the molecule is Cc1ccc([N+](=O)[O-])c(C(=O)NCCCN=[N+]=[N-])c1. The van der Waals surface area contributed by atoms with Crippen molar-refractivity contribution in [3.8, 4) is 0 Å². The second kappa shape index (κ2) is 6.97. The summed E-state index contributed by atoms with van der Waals surface area (Å²) in [5.41, 5.74) is 8.66. The number of nitro benzene ring substituents is 1. The van der Waals surface area contributed by atoms with Crippen LogP contribution in [0.15, 0.2) is 23.3 Å². The lowest BCUT2D eigenvalue weighted by Crippen LogP contribution is -2.25. The number of hydrogen-bond donors (Lipinski definition) is 1. The van der Waals surface area contributed by atoms with E-state index < -0.39 is 10.8 Å². The van der Waals surface area contributed by atoms with Crippen LogP contribution < -0.4 is 5.32 Å². The van der Waals surface area contributed by atoms with Gasteiger partial charge in [-0.1, -0.05) is 11.2 Å². The molecule has 0 aliphatic carbocycles. The smallest absolute Gasteiger partial charge is 0.282 e. The van der Waals surface area contributed by atoms with Crippen molar-refractivity contribution < 1.29 is 9.72 Å². The topological polar surface area (TPSA) is 121 Å². The molecular weight excluding hydrogens is 250 g/mol. The Morgan fingerprint density at radius 2 is 2.32 bits per heavy atom. The van der Waals surface area contributed by atoms with Crippen molar-refractivity contribution in [2.75, 3.05) is 13.1 Å². The zero-order valence-corrected chi connectivity index (χ0v) is 10.4. The van der Waals surface area contributed by atoms with Gasteiger partial charge in [0, 0.05) is 24.1 Å². The number of azide groups is 1. The minimum atomic E-state index is -0.589. The van der Waals surface area contributed by atoms with Crippen LogP contribution in [0, 0.1) is 17.0 Å². The average molecular weight is 263 g/mol. The van der Waals surface area contributed by atoms with Crippen LogP contribution >= 0.6 is 0 Å². The average Bonchev–Trinajstić information content (AvgIpc) is 2.37. The normalized spacial score (nSPS) is 9.53. The van der Waals surface area contributed by atoms with Crippen molar-refractivity contribution in [2.24, 2.45) is 5.11 Å². The van der Waals surface area contributed by atoms with E-state index >= 15 is 0 Å². The van der Waals surface area contributed by atoms with E-state index in [4.69, 9.17) is 5.53 Å². The first-order valence-electron chi connectivity index (χ1n) is 5.60. The summed E-state index contributed by atoms with van der Waals surface area (Å²) in [5.74, 6) is -0.503. The maximum Gasteiger partial charge on any atom is 0.282 e. The molecule has 0 aromatic heterocycles. The van der Waals surface area contributed by atoms with Gasteiger partial charge >= 0.3 is 0 Å². The molecule has 0 aliphatic rings. The molecule has 1 N–H and O–H groups in total. The third-order valence-electron chi connectivity index (χ3n) is 2.38. The van der Waals surface area contributed by atoms with Crippen molar-refractivity contribution in [1.82, 2.24) is 5.32 Å². The summed E-state index contributed by atoms with van der Waals surface area (Å²) in [4.78, 5) is 24.7. The highest BCUT2D eigenvalue weighted by molar-refractivity contribution is 5.98. The van der Waals surface area contributed by atoms with E-state index in [-0.39, 0.29) is 17.8 Å². The fourth-order valence-corrected chi connectivity index (χ4v) is 1.48. The van der Waals surface area contributed by atoms with Crippen molar-refractivity contribution in [2.45, 2.75) is 13.3 Å². The molecule has 19 heavy (non-hydrogen) atoms. The summed E-state index contributed by atoms with van der Waals surface area (Å²) in [6.07, 6.45) is 0.482. The molecule has 0 spiro atoms. The Labute approximate surface area is 109 Å². The van der Waals surface area contributed by atoms with E-state index in [1.165, 1.54) is 12.1 Å². The lowest BCUT2D eigenvalue weighted by Gasteiger charge is -2.05. The standard InChI is InChI=1S/C11H13N5O3/c1-8-3-4-10(16(18)19)9(7-8)11(17)13-5-2-6-14-15-12/h3-4,7H,2,5-6H2,1H3,(H,13,17). The number of nitrogens with zero attached hydrogens (tertiary/aromatic N) is 4. The molecule has 1 aromatic carbocycles. The van der Waals surface area contributed by atoms with Crippen LogP contribution in [-0.4, -0.2) is 23.9 Å². The summed E-state index contributed by atoms with van der Waals surface area (Å²) in [6, 6.07) is 4.36. The molecule has 1 rings (SSSR count). The fraction of sp³-hybridized carbons (Fsp3) is 0.364. The maximum atomic E-state index is 11.8. The van der Waals surface area contributed by atoms with Crippen LogP contribution in [0.4, 0.5) is 5.69 Å². The van der Waals surface area contributed by atoms with Gasteiger partial charge in [0.2, 0.25) is 0 Å². The van der Waals surface area contributed by atoms with Crippen LogP contribution in [0.25, 0.3) is 10.4 Å². The van der Waals surface area contributed by atoms with Gasteiger partial charge in [0.05, 0.1) is 4.92 Å². The molecule has 0 bridgehead atoms. The second-order valence-electron chi connectivity index (χ2n) is 3.84. The number of nitrogens with one attached hydrogen (secondary N) is 1. The van der Waals surface area contributed by atoms with Gasteiger partial charge in [-0.05, 0) is 30.5 Å². The summed E-state index contributed by atoms with van der Waals surface area (Å²) < 4.78 is 0. The minimum Gasteiger partial charge on any atom is -0.352 e. The number of carbonyl (C=O) groups is 1. The van der Waals surface area contributed by atoms with E-state index in [2.05, 4.69) is 15.3 Å². The largest absolute Gasteiger partial charge is 0.352 e. The van der Waals surface area contributed by atoms with Crippen molar-refractivity contribution in [3.05, 3.63) is 49.9 Å². The molecule has 0 heterocycles. The molecule has 0 atom stereocenters. The Kier molecular flexibility index (Phi) is 5.31. The Hall–Kier alpha value is -2.60. The zero-order chi connectivity index (χ0) is 14.3. The van der Waals surface area contributed by atoms with E-state index in [0.29, 0.717) is 13.0 Å². The van der Waals surface area contributed by atoms with E-state index in [0.717, 1.165) is 5.56 Å². The highest BCUT2D eigenvalue weighted by atomic mass is 16.6. The second-order valence-corrected chi connectivity index (χ2v) is 3.84. The molecular formula is C11H13N5O3. The van der Waals surface area contributed by atoms with Gasteiger partial charge in [-0.25, -0.2) is 0 Å². The maximum absolute atomic E-state index is 11.8. The van der Waals surface area contributed by atoms with Crippen LogP contribution in [0.2, 0.25) is 0 Å². The zero-order valence-electron chi connectivity index (χ0n) is 10.4. The monoisotopic (exact) mass is 263 g/mol. The number of carbonyl (C=O) groups excluding carboxylic acids is 1. The molecule has 0 saturated carbocycles. The van der Waals surface area contributed by atoms with Crippen LogP contribution in [-0.2, 0) is 0 Å². The predicted octanol–water partition coefficient (Wildman–Crippen LogP) is 2.33. The summed E-state index contributed by atoms with van der Waals surface area (Å²) in [6.45, 7) is 2.32. The van der Waals surface area contributed by atoms with Crippen LogP contribution in [0.3, 0.4) is 0 Å². The lowest BCUT2D eigenvalue weighted by atomic mass is 10.1. The van der Waals surface area contributed by atoms with Crippen molar-refractivity contribution >= 4 is 11.6 Å². The Morgan fingerprint density at radius 1 is 1.58 bits per heavy atom. The number of aryl methyl sites for hydroxylation is 1. The first-order valence-corrected chi connectivity index (χ1v) is 5.60. The van der Waals surface area contributed by atoms with Crippen LogP contribution in [0.1, 0.15) is 22.3 Å². The van der Waals surface area contributed by atoms with Gasteiger partial charge in [0.1, 0.15) is 5.56 Å². The van der Waals surface area contributed by atoms with E-state index in [1.54, 1.807) is 13.0 Å².